The topological polar surface area (TPSA) is 26.3 Å². The average molecular weight is 299 g/mol. The van der Waals surface area contributed by atoms with Crippen LogP contribution in [0.25, 0.3) is 6.08 Å². The second-order valence-electron chi connectivity index (χ2n) is 5.19. The number of allylic oxidation sites excluding steroid dienone is 1. The van der Waals surface area contributed by atoms with Crippen LogP contribution in [-0.2, 0) is 6.42 Å². The Labute approximate surface area is 129 Å². The maximum Gasteiger partial charge on any atom is 0.189 e. The first kappa shape index (κ1) is 13.9. The summed E-state index contributed by atoms with van der Waals surface area (Å²) in [4.78, 5) is 12.5. The molecule has 0 N–H and O–H groups in total. The molecular weight excluding hydrogens is 284 g/mol. The molecule has 0 spiro atoms. The van der Waals surface area contributed by atoms with Gasteiger partial charge in [0.15, 0.2) is 5.78 Å². The molecular formula is C18H15ClO2. The number of hydrogen-bond donors (Lipinski definition) is 0. The van der Waals surface area contributed by atoms with E-state index in [2.05, 4.69) is 0 Å². The summed E-state index contributed by atoms with van der Waals surface area (Å²) in [7, 11) is 1.63. The first-order chi connectivity index (χ1) is 10.1. The first-order valence-electron chi connectivity index (χ1n) is 6.77. The molecule has 3 rings (SSSR count). The zero-order valence-corrected chi connectivity index (χ0v) is 12.7. The van der Waals surface area contributed by atoms with Crippen molar-refractivity contribution >= 4 is 23.5 Å². The van der Waals surface area contributed by atoms with Gasteiger partial charge in [-0.15, -0.1) is 0 Å². The van der Waals surface area contributed by atoms with E-state index in [1.807, 2.05) is 49.4 Å². The van der Waals surface area contributed by atoms with Crippen LogP contribution >= 0.6 is 11.6 Å². The van der Waals surface area contributed by atoms with Crippen molar-refractivity contribution in [2.24, 2.45) is 0 Å². The molecule has 1 aliphatic rings. The third-order valence-corrected chi connectivity index (χ3v) is 4.09. The third kappa shape index (κ3) is 2.47. The van der Waals surface area contributed by atoms with Crippen molar-refractivity contribution in [3.63, 3.8) is 0 Å². The smallest absolute Gasteiger partial charge is 0.189 e. The van der Waals surface area contributed by atoms with Crippen molar-refractivity contribution in [3.05, 3.63) is 69.2 Å². The highest BCUT2D eigenvalue weighted by atomic mass is 35.5. The normalized spacial score (nSPS) is 15.4. The van der Waals surface area contributed by atoms with Gasteiger partial charge in [0, 0.05) is 28.1 Å². The summed E-state index contributed by atoms with van der Waals surface area (Å²) in [5.41, 5.74) is 4.43. The molecule has 0 amide bonds. The Bertz CT molecular complexity index is 760. The Morgan fingerprint density at radius 1 is 1.24 bits per heavy atom. The number of hydrogen-bond acceptors (Lipinski definition) is 2. The van der Waals surface area contributed by atoms with Gasteiger partial charge in [-0.2, -0.15) is 0 Å². The number of carbonyl (C=O) groups excluding carboxylic acids is 1. The number of rotatable bonds is 2. The zero-order valence-electron chi connectivity index (χ0n) is 11.9. The van der Waals surface area contributed by atoms with E-state index in [1.54, 1.807) is 7.11 Å². The van der Waals surface area contributed by atoms with Gasteiger partial charge in [0.2, 0.25) is 0 Å². The SMILES string of the molecule is COc1ccc(C)cc1/C=C1/Cc2c(Cl)cccc2C1=O. The van der Waals surface area contributed by atoms with E-state index in [0.29, 0.717) is 17.0 Å². The van der Waals surface area contributed by atoms with Gasteiger partial charge in [0.1, 0.15) is 5.75 Å². The van der Waals surface area contributed by atoms with E-state index in [1.165, 1.54) is 0 Å². The Balaban J connectivity index is 2.06. The number of Topliss-reactive ketones (excluding diaryl/α,β-unsaturated/α-hetero) is 1. The fourth-order valence-electron chi connectivity index (χ4n) is 2.67. The van der Waals surface area contributed by atoms with Gasteiger partial charge in [-0.3, -0.25) is 4.79 Å². The lowest BCUT2D eigenvalue weighted by Gasteiger charge is -2.06. The quantitative estimate of drug-likeness (QED) is 0.764. The van der Waals surface area contributed by atoms with Gasteiger partial charge in [0.25, 0.3) is 0 Å². The molecule has 0 heterocycles. The van der Waals surface area contributed by atoms with Gasteiger partial charge in [0.05, 0.1) is 7.11 Å². The van der Waals surface area contributed by atoms with E-state index in [0.717, 1.165) is 28.0 Å². The van der Waals surface area contributed by atoms with Gasteiger partial charge in [-0.25, -0.2) is 0 Å². The van der Waals surface area contributed by atoms with Crippen LogP contribution < -0.4 is 4.74 Å². The lowest BCUT2D eigenvalue weighted by molar-refractivity contribution is 0.104. The van der Waals surface area contributed by atoms with Crippen LogP contribution in [0.15, 0.2) is 42.0 Å². The summed E-state index contributed by atoms with van der Waals surface area (Å²) in [6, 6.07) is 11.4. The van der Waals surface area contributed by atoms with Gasteiger partial charge < -0.3 is 4.74 Å². The summed E-state index contributed by atoms with van der Waals surface area (Å²) in [6.45, 7) is 2.02. The molecule has 106 valence electrons. The van der Waals surface area contributed by atoms with Crippen LogP contribution in [0.1, 0.15) is 27.0 Å². The molecule has 21 heavy (non-hydrogen) atoms. The molecule has 0 atom stereocenters. The summed E-state index contributed by atoms with van der Waals surface area (Å²) in [5.74, 6) is 0.819. The number of benzene rings is 2. The highest BCUT2D eigenvalue weighted by molar-refractivity contribution is 6.33. The predicted octanol–water partition coefficient (Wildman–Crippen LogP) is 4.48. The van der Waals surface area contributed by atoms with Crippen LogP contribution in [-0.4, -0.2) is 12.9 Å². The van der Waals surface area contributed by atoms with E-state index < -0.39 is 0 Å². The molecule has 0 radical (unpaired) electrons. The fourth-order valence-corrected chi connectivity index (χ4v) is 2.91. The summed E-state index contributed by atoms with van der Waals surface area (Å²) in [5, 5.41) is 0.653. The van der Waals surface area contributed by atoms with Crippen molar-refractivity contribution in [1.82, 2.24) is 0 Å². The summed E-state index contributed by atoms with van der Waals surface area (Å²) < 4.78 is 5.36. The van der Waals surface area contributed by atoms with Gasteiger partial charge in [-0.05, 0) is 36.8 Å². The number of halogens is 1. The predicted molar refractivity (Wildman–Crippen MR) is 85.2 cm³/mol. The van der Waals surface area contributed by atoms with E-state index >= 15 is 0 Å². The molecule has 0 saturated carbocycles. The lowest BCUT2D eigenvalue weighted by Crippen LogP contribution is -1.96. The summed E-state index contributed by atoms with van der Waals surface area (Å²) >= 11 is 6.18. The lowest BCUT2D eigenvalue weighted by atomic mass is 10.0. The molecule has 3 heteroatoms. The highest BCUT2D eigenvalue weighted by Crippen LogP contribution is 2.34. The molecule has 2 aromatic carbocycles. The van der Waals surface area contributed by atoms with Crippen molar-refractivity contribution in [2.75, 3.05) is 7.11 Å². The minimum atomic E-state index is 0.0519. The van der Waals surface area contributed by atoms with E-state index in [9.17, 15) is 4.79 Å². The Hall–Kier alpha value is -2.06. The molecule has 1 aliphatic carbocycles. The van der Waals surface area contributed by atoms with Crippen LogP contribution in [0.3, 0.4) is 0 Å². The molecule has 0 aromatic heterocycles. The molecule has 0 aliphatic heterocycles. The van der Waals surface area contributed by atoms with Crippen molar-refractivity contribution in [3.8, 4) is 5.75 Å². The Morgan fingerprint density at radius 2 is 2.05 bits per heavy atom. The fraction of sp³-hybridized carbons (Fsp3) is 0.167. The number of ketones is 1. The number of methoxy groups -OCH3 is 1. The van der Waals surface area contributed by atoms with Crippen LogP contribution in [0.4, 0.5) is 0 Å². The summed E-state index contributed by atoms with van der Waals surface area (Å²) in [6.07, 6.45) is 2.48. The standard InChI is InChI=1S/C18H15ClO2/c1-11-6-7-17(21-2)12(8-11)9-13-10-15-14(18(13)20)4-3-5-16(15)19/h3-9H,10H2,1-2H3/b13-9-. The van der Waals surface area contributed by atoms with Gasteiger partial charge >= 0.3 is 0 Å². The van der Waals surface area contributed by atoms with Crippen molar-refractivity contribution in [1.29, 1.82) is 0 Å². The van der Waals surface area contributed by atoms with Crippen molar-refractivity contribution in [2.45, 2.75) is 13.3 Å². The van der Waals surface area contributed by atoms with E-state index in [4.69, 9.17) is 16.3 Å². The molecule has 0 saturated heterocycles. The van der Waals surface area contributed by atoms with Crippen molar-refractivity contribution < 1.29 is 9.53 Å². The monoisotopic (exact) mass is 298 g/mol. The maximum absolute atomic E-state index is 12.5. The highest BCUT2D eigenvalue weighted by Gasteiger charge is 2.26. The molecule has 2 aromatic rings. The number of ether oxygens (including phenoxy) is 1. The first-order valence-corrected chi connectivity index (χ1v) is 7.15. The van der Waals surface area contributed by atoms with Crippen LogP contribution in [0, 0.1) is 6.92 Å². The number of aryl methyl sites for hydroxylation is 1. The molecule has 2 nitrogen and oxygen atoms in total. The molecule has 0 unspecified atom stereocenters. The van der Waals surface area contributed by atoms with Gasteiger partial charge in [-0.1, -0.05) is 35.4 Å². The second kappa shape index (κ2) is 5.38. The number of fused-ring (bicyclic) bond motifs is 1. The zero-order chi connectivity index (χ0) is 15.0. The van der Waals surface area contributed by atoms with Crippen LogP contribution in [0.2, 0.25) is 5.02 Å². The average Bonchev–Trinajstić information content (AvgIpc) is 2.78. The Kier molecular flexibility index (Phi) is 3.56. The largest absolute Gasteiger partial charge is 0.496 e. The number of carbonyl (C=O) groups is 1. The molecule has 0 bridgehead atoms. The second-order valence-corrected chi connectivity index (χ2v) is 5.59. The third-order valence-electron chi connectivity index (χ3n) is 3.74. The minimum Gasteiger partial charge on any atom is -0.496 e. The maximum atomic E-state index is 12.5. The van der Waals surface area contributed by atoms with Crippen LogP contribution in [0.5, 0.6) is 5.75 Å². The van der Waals surface area contributed by atoms with E-state index in [-0.39, 0.29) is 5.78 Å². The Morgan fingerprint density at radius 3 is 2.76 bits per heavy atom. The minimum absolute atomic E-state index is 0.0519. The molecule has 0 fully saturated rings.